The molecule has 1 saturated carbocycles. The lowest BCUT2D eigenvalue weighted by Crippen LogP contribution is -2.48. The predicted octanol–water partition coefficient (Wildman–Crippen LogP) is 3.42. The Labute approximate surface area is 145 Å². The molecule has 0 aromatic carbocycles. The fourth-order valence-corrected chi connectivity index (χ4v) is 7.56. The van der Waals surface area contributed by atoms with E-state index in [0.717, 1.165) is 12.0 Å². The van der Waals surface area contributed by atoms with Crippen molar-refractivity contribution in [2.75, 3.05) is 55.7 Å². The highest BCUT2D eigenvalue weighted by Crippen LogP contribution is 2.41. The predicted molar refractivity (Wildman–Crippen MR) is 100 cm³/mol. The lowest BCUT2D eigenvalue weighted by atomic mass is 9.78. The molecule has 126 valence electrons. The molecule has 4 aliphatic rings. The van der Waals surface area contributed by atoms with E-state index in [4.69, 9.17) is 0 Å². The maximum absolute atomic E-state index is 2.87. The van der Waals surface area contributed by atoms with Crippen LogP contribution in [-0.2, 0) is 0 Å². The van der Waals surface area contributed by atoms with Gasteiger partial charge in [-0.1, -0.05) is 6.42 Å². The highest BCUT2D eigenvalue weighted by Gasteiger charge is 2.43. The van der Waals surface area contributed by atoms with Crippen LogP contribution in [0.5, 0.6) is 0 Å². The molecule has 4 rings (SSSR count). The van der Waals surface area contributed by atoms with E-state index in [9.17, 15) is 0 Å². The average Bonchev–Trinajstić information content (AvgIpc) is 2.73. The molecule has 4 heteroatoms. The lowest BCUT2D eigenvalue weighted by molar-refractivity contribution is 0.0652. The van der Waals surface area contributed by atoms with Gasteiger partial charge in [-0.3, -0.25) is 4.90 Å². The van der Waals surface area contributed by atoms with Gasteiger partial charge in [0, 0.05) is 48.7 Å². The van der Waals surface area contributed by atoms with Crippen molar-refractivity contribution in [1.29, 1.82) is 0 Å². The van der Waals surface area contributed by atoms with Gasteiger partial charge in [0.15, 0.2) is 0 Å². The Kier molecular flexibility index (Phi) is 5.30. The Morgan fingerprint density at radius 2 is 1.73 bits per heavy atom. The second-order valence-electron chi connectivity index (χ2n) is 8.16. The molecule has 0 N–H and O–H groups in total. The molecule has 1 atom stereocenters. The summed E-state index contributed by atoms with van der Waals surface area (Å²) < 4.78 is 0. The molecule has 1 unspecified atom stereocenters. The zero-order valence-corrected chi connectivity index (χ0v) is 15.6. The second kappa shape index (κ2) is 7.25. The van der Waals surface area contributed by atoms with Crippen LogP contribution in [0, 0.1) is 11.3 Å². The van der Waals surface area contributed by atoms with Crippen molar-refractivity contribution < 1.29 is 0 Å². The standard InChI is InChI=1S/C18H32N2S2/c1-3-16(4-1)11-19-7-2-5-18(14-19)6-8-20(15-18)17-12-21-9-10-22-13-17/h16-17H,1-15H2. The number of nitrogens with zero attached hydrogens (tertiary/aromatic N) is 2. The monoisotopic (exact) mass is 340 g/mol. The highest BCUT2D eigenvalue weighted by atomic mass is 32.2. The third-order valence-corrected chi connectivity index (χ3v) is 8.94. The SMILES string of the molecule is C1CC(CN2CCCC3(CCN(C4CSCCSC4)C3)C2)C1. The average molecular weight is 341 g/mol. The van der Waals surface area contributed by atoms with Gasteiger partial charge in [0.2, 0.25) is 0 Å². The third kappa shape index (κ3) is 3.65. The van der Waals surface area contributed by atoms with Crippen molar-refractivity contribution >= 4 is 23.5 Å². The van der Waals surface area contributed by atoms with Crippen LogP contribution in [-0.4, -0.2) is 71.6 Å². The molecular formula is C18H32N2S2. The van der Waals surface area contributed by atoms with Crippen molar-refractivity contribution in [3.8, 4) is 0 Å². The molecule has 22 heavy (non-hydrogen) atoms. The van der Waals surface area contributed by atoms with Crippen LogP contribution in [0.25, 0.3) is 0 Å². The van der Waals surface area contributed by atoms with Gasteiger partial charge >= 0.3 is 0 Å². The number of hydrogen-bond donors (Lipinski definition) is 0. The molecule has 0 aromatic heterocycles. The molecule has 2 nitrogen and oxygen atoms in total. The number of hydrogen-bond acceptors (Lipinski definition) is 4. The van der Waals surface area contributed by atoms with E-state index in [0.29, 0.717) is 5.41 Å². The van der Waals surface area contributed by atoms with Gasteiger partial charge in [-0.05, 0) is 56.5 Å². The van der Waals surface area contributed by atoms with Gasteiger partial charge in [-0.2, -0.15) is 23.5 Å². The van der Waals surface area contributed by atoms with Crippen molar-refractivity contribution in [3.63, 3.8) is 0 Å². The van der Waals surface area contributed by atoms with E-state index in [1.54, 1.807) is 0 Å². The summed E-state index contributed by atoms with van der Waals surface area (Å²) in [5.74, 6) is 6.55. The Balaban J connectivity index is 1.33. The topological polar surface area (TPSA) is 6.48 Å². The summed E-state index contributed by atoms with van der Waals surface area (Å²) in [4.78, 5) is 5.71. The van der Waals surface area contributed by atoms with Gasteiger partial charge in [0.1, 0.15) is 0 Å². The zero-order chi connectivity index (χ0) is 14.8. The molecule has 3 saturated heterocycles. The van der Waals surface area contributed by atoms with Gasteiger partial charge in [0.05, 0.1) is 0 Å². The summed E-state index contributed by atoms with van der Waals surface area (Å²) in [6.07, 6.45) is 8.93. The molecular weight excluding hydrogens is 308 g/mol. The Morgan fingerprint density at radius 3 is 2.45 bits per heavy atom. The highest BCUT2D eigenvalue weighted by molar-refractivity contribution is 8.03. The maximum atomic E-state index is 2.87. The summed E-state index contributed by atoms with van der Waals surface area (Å²) in [5.41, 5.74) is 0.656. The molecule has 1 spiro atoms. The third-order valence-electron chi connectivity index (χ3n) is 6.46. The minimum absolute atomic E-state index is 0.656. The summed E-state index contributed by atoms with van der Waals surface area (Å²) >= 11 is 4.38. The number of likely N-dealkylation sites (tertiary alicyclic amines) is 2. The van der Waals surface area contributed by atoms with Crippen LogP contribution in [0.1, 0.15) is 38.5 Å². The van der Waals surface area contributed by atoms with Crippen LogP contribution in [0.3, 0.4) is 0 Å². The minimum Gasteiger partial charge on any atom is -0.302 e. The molecule has 0 bridgehead atoms. The van der Waals surface area contributed by atoms with Crippen LogP contribution in [0.4, 0.5) is 0 Å². The normalized spacial score (nSPS) is 36.5. The Morgan fingerprint density at radius 1 is 0.909 bits per heavy atom. The first-order valence-corrected chi connectivity index (χ1v) is 11.8. The fraction of sp³-hybridized carbons (Fsp3) is 1.00. The van der Waals surface area contributed by atoms with Crippen LogP contribution >= 0.6 is 23.5 Å². The fourth-order valence-electron chi connectivity index (χ4n) is 4.94. The first-order chi connectivity index (χ1) is 10.8. The summed E-state index contributed by atoms with van der Waals surface area (Å²) in [7, 11) is 0. The smallest absolute Gasteiger partial charge is 0.0277 e. The molecule has 3 aliphatic heterocycles. The summed E-state index contributed by atoms with van der Waals surface area (Å²) in [5, 5.41) is 0. The van der Waals surface area contributed by atoms with E-state index in [2.05, 4.69) is 33.3 Å². The number of piperidine rings is 1. The first kappa shape index (κ1) is 16.1. The van der Waals surface area contributed by atoms with Gasteiger partial charge in [0.25, 0.3) is 0 Å². The quantitative estimate of drug-likeness (QED) is 0.776. The molecule has 0 amide bonds. The van der Waals surface area contributed by atoms with E-state index in [1.807, 2.05) is 0 Å². The van der Waals surface area contributed by atoms with Crippen molar-refractivity contribution in [1.82, 2.24) is 9.80 Å². The number of thioether (sulfide) groups is 2. The van der Waals surface area contributed by atoms with Gasteiger partial charge < -0.3 is 4.90 Å². The Bertz CT molecular complexity index is 366. The van der Waals surface area contributed by atoms with Crippen molar-refractivity contribution in [3.05, 3.63) is 0 Å². The Hall–Kier alpha value is 0.620. The van der Waals surface area contributed by atoms with E-state index >= 15 is 0 Å². The van der Waals surface area contributed by atoms with E-state index in [-0.39, 0.29) is 0 Å². The van der Waals surface area contributed by atoms with Crippen LogP contribution < -0.4 is 0 Å². The summed E-state index contributed by atoms with van der Waals surface area (Å²) in [6, 6.07) is 0.860. The number of rotatable bonds is 3. The molecule has 3 heterocycles. The van der Waals surface area contributed by atoms with Gasteiger partial charge in [-0.15, -0.1) is 0 Å². The first-order valence-electron chi connectivity index (χ1n) is 9.45. The summed E-state index contributed by atoms with van der Waals surface area (Å²) in [6.45, 7) is 6.99. The minimum atomic E-state index is 0.656. The zero-order valence-electron chi connectivity index (χ0n) is 14.0. The van der Waals surface area contributed by atoms with E-state index < -0.39 is 0 Å². The van der Waals surface area contributed by atoms with Crippen molar-refractivity contribution in [2.45, 2.75) is 44.6 Å². The molecule has 0 radical (unpaired) electrons. The molecule has 0 aromatic rings. The lowest BCUT2D eigenvalue weighted by Gasteiger charge is -2.43. The van der Waals surface area contributed by atoms with Crippen LogP contribution in [0.2, 0.25) is 0 Å². The maximum Gasteiger partial charge on any atom is 0.0277 e. The van der Waals surface area contributed by atoms with Crippen LogP contribution in [0.15, 0.2) is 0 Å². The van der Waals surface area contributed by atoms with Gasteiger partial charge in [-0.25, -0.2) is 0 Å². The second-order valence-corrected chi connectivity index (χ2v) is 10.5. The molecule has 4 fully saturated rings. The largest absolute Gasteiger partial charge is 0.302 e. The molecule has 1 aliphatic carbocycles. The van der Waals surface area contributed by atoms with E-state index in [1.165, 1.54) is 94.3 Å². The van der Waals surface area contributed by atoms with Crippen molar-refractivity contribution in [2.24, 2.45) is 11.3 Å².